The van der Waals surface area contributed by atoms with Gasteiger partial charge >= 0.3 is 5.97 Å². The smallest absolute Gasteiger partial charge is 0.306 e. The SMILES string of the molecule is O=C(O)C1CCC(C(=O)Nc2ccc(NCC3CCCO3)c(F)c2)CC1. The Labute approximate surface area is 152 Å². The van der Waals surface area contributed by atoms with E-state index < -0.39 is 11.8 Å². The van der Waals surface area contributed by atoms with Crippen molar-refractivity contribution in [3.8, 4) is 0 Å². The van der Waals surface area contributed by atoms with Gasteiger partial charge in [-0.1, -0.05) is 0 Å². The molecular formula is C19H25FN2O4. The summed E-state index contributed by atoms with van der Waals surface area (Å²) in [6, 6.07) is 4.58. The number of anilines is 2. The fourth-order valence-electron chi connectivity index (χ4n) is 3.61. The Hall–Kier alpha value is -2.15. The van der Waals surface area contributed by atoms with Crippen molar-refractivity contribution in [3.63, 3.8) is 0 Å². The molecule has 0 aromatic heterocycles. The molecule has 26 heavy (non-hydrogen) atoms. The maximum absolute atomic E-state index is 14.2. The van der Waals surface area contributed by atoms with Gasteiger partial charge in [0, 0.05) is 24.8 Å². The molecule has 1 unspecified atom stereocenters. The molecule has 1 aromatic carbocycles. The van der Waals surface area contributed by atoms with Crippen LogP contribution in [0, 0.1) is 17.7 Å². The normalized spacial score (nSPS) is 25.7. The fraction of sp³-hybridized carbons (Fsp3) is 0.579. The van der Waals surface area contributed by atoms with Gasteiger partial charge in [0.2, 0.25) is 5.91 Å². The van der Waals surface area contributed by atoms with Crippen LogP contribution in [0.15, 0.2) is 18.2 Å². The second-order valence-corrected chi connectivity index (χ2v) is 7.09. The zero-order valence-electron chi connectivity index (χ0n) is 14.7. The molecule has 1 heterocycles. The molecule has 2 fully saturated rings. The minimum atomic E-state index is -0.794. The molecule has 1 saturated heterocycles. The van der Waals surface area contributed by atoms with Gasteiger partial charge in [-0.2, -0.15) is 0 Å². The number of aliphatic carboxylic acids is 1. The summed E-state index contributed by atoms with van der Waals surface area (Å²) in [6.45, 7) is 1.32. The monoisotopic (exact) mass is 364 g/mol. The summed E-state index contributed by atoms with van der Waals surface area (Å²) in [5.74, 6) is -1.96. The third kappa shape index (κ3) is 4.72. The molecular weight excluding hydrogens is 339 g/mol. The summed E-state index contributed by atoms with van der Waals surface area (Å²) in [7, 11) is 0. The first kappa shape index (κ1) is 18.6. The number of hydrogen-bond donors (Lipinski definition) is 3. The van der Waals surface area contributed by atoms with Gasteiger partial charge in [0.25, 0.3) is 0 Å². The Morgan fingerprint density at radius 1 is 1.15 bits per heavy atom. The topological polar surface area (TPSA) is 87.7 Å². The molecule has 1 aromatic rings. The van der Waals surface area contributed by atoms with Crippen LogP contribution < -0.4 is 10.6 Å². The van der Waals surface area contributed by atoms with E-state index in [4.69, 9.17) is 9.84 Å². The lowest BCUT2D eigenvalue weighted by atomic mass is 9.81. The van der Waals surface area contributed by atoms with Gasteiger partial charge in [0.15, 0.2) is 0 Å². The van der Waals surface area contributed by atoms with Crippen LogP contribution >= 0.6 is 0 Å². The maximum atomic E-state index is 14.2. The first-order chi connectivity index (χ1) is 12.5. The van der Waals surface area contributed by atoms with Crippen molar-refractivity contribution in [1.29, 1.82) is 0 Å². The standard InChI is InChI=1S/C19H25FN2O4/c20-16-10-14(7-8-17(16)21-11-15-2-1-9-26-15)22-18(23)12-3-5-13(6-4-12)19(24)25/h7-8,10,12-13,15,21H,1-6,9,11H2,(H,22,23)(H,24,25). The fourth-order valence-corrected chi connectivity index (χ4v) is 3.61. The number of hydrogen-bond acceptors (Lipinski definition) is 4. The van der Waals surface area contributed by atoms with Crippen molar-refractivity contribution >= 4 is 23.3 Å². The van der Waals surface area contributed by atoms with Crippen LogP contribution in [0.3, 0.4) is 0 Å². The Morgan fingerprint density at radius 3 is 2.50 bits per heavy atom. The molecule has 6 nitrogen and oxygen atoms in total. The summed E-state index contributed by atoms with van der Waals surface area (Å²) in [5.41, 5.74) is 0.802. The second kappa shape index (κ2) is 8.49. The van der Waals surface area contributed by atoms with Crippen LogP contribution in [0.5, 0.6) is 0 Å². The molecule has 7 heteroatoms. The third-order valence-corrected chi connectivity index (χ3v) is 5.23. The Bertz CT molecular complexity index is 653. The highest BCUT2D eigenvalue weighted by Gasteiger charge is 2.29. The van der Waals surface area contributed by atoms with E-state index in [1.54, 1.807) is 12.1 Å². The second-order valence-electron chi connectivity index (χ2n) is 7.09. The summed E-state index contributed by atoms with van der Waals surface area (Å²) < 4.78 is 19.7. The predicted molar refractivity (Wildman–Crippen MR) is 95.6 cm³/mol. The van der Waals surface area contributed by atoms with Crippen LogP contribution in [0.1, 0.15) is 38.5 Å². The lowest BCUT2D eigenvalue weighted by Gasteiger charge is -2.25. The number of rotatable bonds is 6. The van der Waals surface area contributed by atoms with Crippen LogP contribution in [0.4, 0.5) is 15.8 Å². The summed E-state index contributed by atoms with van der Waals surface area (Å²) in [4.78, 5) is 23.3. The van der Waals surface area contributed by atoms with Crippen LogP contribution in [-0.4, -0.2) is 36.2 Å². The van der Waals surface area contributed by atoms with Crippen molar-refractivity contribution < 1.29 is 23.8 Å². The number of nitrogens with one attached hydrogen (secondary N) is 2. The zero-order valence-corrected chi connectivity index (χ0v) is 14.7. The molecule has 1 atom stereocenters. The minimum absolute atomic E-state index is 0.120. The number of amides is 1. The van der Waals surface area contributed by atoms with Gasteiger partial charge in [-0.3, -0.25) is 9.59 Å². The summed E-state index contributed by atoms with van der Waals surface area (Å²) in [5, 5.41) is 14.8. The molecule has 0 radical (unpaired) electrons. The van der Waals surface area contributed by atoms with Gasteiger partial charge in [-0.25, -0.2) is 4.39 Å². The summed E-state index contributed by atoms with van der Waals surface area (Å²) in [6.07, 6.45) is 4.25. The van der Waals surface area contributed by atoms with E-state index in [0.717, 1.165) is 19.4 Å². The van der Waals surface area contributed by atoms with Crippen molar-refractivity contribution in [2.24, 2.45) is 11.8 Å². The Morgan fingerprint density at radius 2 is 1.88 bits per heavy atom. The number of carbonyl (C=O) groups excluding carboxylic acids is 1. The number of benzene rings is 1. The highest BCUT2D eigenvalue weighted by molar-refractivity contribution is 5.92. The average Bonchev–Trinajstić information content (AvgIpc) is 3.14. The lowest BCUT2D eigenvalue weighted by molar-refractivity contribution is -0.143. The first-order valence-electron chi connectivity index (χ1n) is 9.21. The van der Waals surface area contributed by atoms with Crippen LogP contribution in [-0.2, 0) is 14.3 Å². The predicted octanol–water partition coefficient (Wildman–Crippen LogP) is 3.25. The highest BCUT2D eigenvalue weighted by atomic mass is 19.1. The molecule has 1 aliphatic heterocycles. The van der Waals surface area contributed by atoms with Gasteiger partial charge in [0.05, 0.1) is 17.7 Å². The van der Waals surface area contributed by atoms with E-state index in [1.165, 1.54) is 6.07 Å². The molecule has 3 N–H and O–H groups in total. The van der Waals surface area contributed by atoms with Crippen molar-refractivity contribution in [3.05, 3.63) is 24.0 Å². The van der Waals surface area contributed by atoms with E-state index in [-0.39, 0.29) is 23.8 Å². The third-order valence-electron chi connectivity index (χ3n) is 5.23. The number of carboxylic acids is 1. The van der Waals surface area contributed by atoms with Crippen LogP contribution in [0.2, 0.25) is 0 Å². The van der Waals surface area contributed by atoms with E-state index in [9.17, 15) is 14.0 Å². The molecule has 1 saturated carbocycles. The number of carbonyl (C=O) groups is 2. The van der Waals surface area contributed by atoms with Gasteiger partial charge in [0.1, 0.15) is 5.82 Å². The number of halogens is 1. The van der Waals surface area contributed by atoms with Crippen molar-refractivity contribution in [1.82, 2.24) is 0 Å². The van der Waals surface area contributed by atoms with Crippen molar-refractivity contribution in [2.45, 2.75) is 44.6 Å². The molecule has 3 rings (SSSR count). The Balaban J connectivity index is 1.50. The van der Waals surface area contributed by atoms with Crippen LogP contribution in [0.25, 0.3) is 0 Å². The quantitative estimate of drug-likeness (QED) is 0.721. The van der Waals surface area contributed by atoms with Gasteiger partial charge in [-0.05, 0) is 56.7 Å². The molecule has 0 bridgehead atoms. The number of ether oxygens (including phenoxy) is 1. The molecule has 1 aliphatic carbocycles. The minimum Gasteiger partial charge on any atom is -0.481 e. The summed E-state index contributed by atoms with van der Waals surface area (Å²) >= 11 is 0. The molecule has 0 spiro atoms. The van der Waals surface area contributed by atoms with E-state index in [1.807, 2.05) is 0 Å². The largest absolute Gasteiger partial charge is 0.481 e. The Kier molecular flexibility index (Phi) is 6.08. The lowest BCUT2D eigenvalue weighted by Crippen LogP contribution is -2.29. The van der Waals surface area contributed by atoms with Gasteiger partial charge < -0.3 is 20.5 Å². The first-order valence-corrected chi connectivity index (χ1v) is 9.21. The van der Waals surface area contributed by atoms with E-state index in [2.05, 4.69) is 10.6 Å². The highest BCUT2D eigenvalue weighted by Crippen LogP contribution is 2.30. The molecule has 2 aliphatic rings. The van der Waals surface area contributed by atoms with E-state index in [0.29, 0.717) is 43.6 Å². The van der Waals surface area contributed by atoms with Gasteiger partial charge in [-0.15, -0.1) is 0 Å². The zero-order chi connectivity index (χ0) is 18.5. The van der Waals surface area contributed by atoms with Crippen molar-refractivity contribution in [2.75, 3.05) is 23.8 Å². The number of carboxylic acid groups (broad SMARTS) is 1. The van der Waals surface area contributed by atoms with E-state index >= 15 is 0 Å². The average molecular weight is 364 g/mol. The maximum Gasteiger partial charge on any atom is 0.306 e. The molecule has 142 valence electrons. The molecule has 1 amide bonds.